The summed E-state index contributed by atoms with van der Waals surface area (Å²) >= 11 is 6.25. The van der Waals surface area contributed by atoms with Gasteiger partial charge in [-0.25, -0.2) is 9.78 Å². The molecule has 0 amide bonds. The molecule has 25 heavy (non-hydrogen) atoms. The van der Waals surface area contributed by atoms with Crippen LogP contribution in [0.3, 0.4) is 0 Å². The molecule has 0 bridgehead atoms. The fraction of sp³-hybridized carbons (Fsp3) is 0.263. The van der Waals surface area contributed by atoms with Crippen LogP contribution >= 0.6 is 11.6 Å². The number of carbonyl (C=O) groups is 1. The summed E-state index contributed by atoms with van der Waals surface area (Å²) in [6.45, 7) is 4.34. The standard InChI is InChI=1S/C19H20ClNO4/c1-3-4-9-24-19(23)8-5-14-11-16(20)17(10-13(14)2)25-18-7-6-15(22)12-21-18/h5-8,10-12,22H,3-4,9H2,1-2H3/b8-5+. The Morgan fingerprint density at radius 2 is 2.16 bits per heavy atom. The minimum atomic E-state index is -0.377. The number of nitrogens with zero attached hydrogens (tertiary/aromatic N) is 1. The van der Waals surface area contributed by atoms with Gasteiger partial charge in [-0.15, -0.1) is 0 Å². The van der Waals surface area contributed by atoms with Crippen LogP contribution in [-0.4, -0.2) is 22.7 Å². The number of halogens is 1. The van der Waals surface area contributed by atoms with E-state index >= 15 is 0 Å². The van der Waals surface area contributed by atoms with E-state index in [1.807, 2.05) is 13.8 Å². The SMILES string of the molecule is CCCCOC(=O)/C=C/c1cc(Cl)c(Oc2ccc(O)cn2)cc1C. The van der Waals surface area contributed by atoms with Gasteiger partial charge in [-0.1, -0.05) is 24.9 Å². The Labute approximate surface area is 151 Å². The quantitative estimate of drug-likeness (QED) is 0.431. The molecule has 1 aromatic heterocycles. The van der Waals surface area contributed by atoms with Crippen LogP contribution in [0, 0.1) is 6.92 Å². The highest BCUT2D eigenvalue weighted by atomic mass is 35.5. The molecule has 0 saturated heterocycles. The van der Waals surface area contributed by atoms with Gasteiger partial charge >= 0.3 is 5.97 Å². The number of esters is 1. The summed E-state index contributed by atoms with van der Waals surface area (Å²) in [5.74, 6) is 0.445. The molecule has 0 radical (unpaired) electrons. The first-order valence-corrected chi connectivity index (χ1v) is 8.35. The van der Waals surface area contributed by atoms with E-state index in [0.717, 1.165) is 24.0 Å². The minimum absolute atomic E-state index is 0.0564. The normalized spacial score (nSPS) is 10.8. The molecule has 0 spiro atoms. The number of pyridine rings is 1. The van der Waals surface area contributed by atoms with Crippen molar-refractivity contribution in [2.24, 2.45) is 0 Å². The van der Waals surface area contributed by atoms with Crippen molar-refractivity contribution in [3.8, 4) is 17.4 Å². The number of aromatic hydroxyl groups is 1. The van der Waals surface area contributed by atoms with E-state index in [-0.39, 0.29) is 11.7 Å². The number of aromatic nitrogens is 1. The first-order valence-electron chi connectivity index (χ1n) is 7.97. The predicted octanol–water partition coefficient (Wildman–Crippen LogP) is 4.90. The summed E-state index contributed by atoms with van der Waals surface area (Å²) in [5.41, 5.74) is 1.68. The second-order valence-corrected chi connectivity index (χ2v) is 5.86. The van der Waals surface area contributed by atoms with E-state index in [1.165, 1.54) is 18.3 Å². The lowest BCUT2D eigenvalue weighted by molar-refractivity contribution is -0.137. The van der Waals surface area contributed by atoms with E-state index in [0.29, 0.717) is 23.3 Å². The molecule has 6 heteroatoms. The van der Waals surface area contributed by atoms with Gasteiger partial charge in [0.1, 0.15) is 11.5 Å². The molecule has 0 atom stereocenters. The van der Waals surface area contributed by atoms with Crippen molar-refractivity contribution in [3.05, 3.63) is 52.7 Å². The second kappa shape index (κ2) is 9.08. The van der Waals surface area contributed by atoms with Crippen LogP contribution < -0.4 is 4.74 Å². The summed E-state index contributed by atoms with van der Waals surface area (Å²) in [5, 5.41) is 9.63. The van der Waals surface area contributed by atoms with Crippen LogP contribution in [0.15, 0.2) is 36.5 Å². The third-order valence-electron chi connectivity index (χ3n) is 3.40. The largest absolute Gasteiger partial charge is 0.506 e. The third kappa shape index (κ3) is 5.80. The van der Waals surface area contributed by atoms with Gasteiger partial charge in [-0.3, -0.25) is 0 Å². The maximum absolute atomic E-state index is 11.6. The lowest BCUT2D eigenvalue weighted by Gasteiger charge is -2.10. The number of unbranched alkanes of at least 4 members (excludes halogenated alkanes) is 1. The highest BCUT2D eigenvalue weighted by Gasteiger charge is 2.08. The zero-order chi connectivity index (χ0) is 18.2. The Kier molecular flexibility index (Phi) is 6.83. The average molecular weight is 362 g/mol. The van der Waals surface area contributed by atoms with E-state index < -0.39 is 0 Å². The molecule has 0 aliphatic rings. The van der Waals surface area contributed by atoms with Crippen molar-refractivity contribution < 1.29 is 19.4 Å². The molecule has 0 saturated carbocycles. The molecule has 1 N–H and O–H groups in total. The minimum Gasteiger partial charge on any atom is -0.506 e. The van der Waals surface area contributed by atoms with Gasteiger partial charge in [0.05, 0.1) is 17.8 Å². The number of hydrogen-bond acceptors (Lipinski definition) is 5. The van der Waals surface area contributed by atoms with Gasteiger partial charge in [-0.2, -0.15) is 0 Å². The summed E-state index contributed by atoms with van der Waals surface area (Å²) in [7, 11) is 0. The van der Waals surface area contributed by atoms with Crippen molar-refractivity contribution in [3.63, 3.8) is 0 Å². The van der Waals surface area contributed by atoms with Crippen molar-refractivity contribution in [2.45, 2.75) is 26.7 Å². The maximum atomic E-state index is 11.6. The highest BCUT2D eigenvalue weighted by molar-refractivity contribution is 6.32. The molecular formula is C19H20ClNO4. The molecule has 1 heterocycles. The zero-order valence-corrected chi connectivity index (χ0v) is 14.9. The number of carbonyl (C=O) groups excluding carboxylic acids is 1. The predicted molar refractivity (Wildman–Crippen MR) is 97.1 cm³/mol. The van der Waals surface area contributed by atoms with Gasteiger partial charge < -0.3 is 14.6 Å². The van der Waals surface area contributed by atoms with Gasteiger partial charge in [0.15, 0.2) is 0 Å². The monoisotopic (exact) mass is 361 g/mol. The molecule has 0 unspecified atom stereocenters. The Bertz CT molecular complexity index is 757. The molecule has 132 valence electrons. The van der Waals surface area contributed by atoms with Crippen LogP contribution in [0.25, 0.3) is 6.08 Å². The van der Waals surface area contributed by atoms with Gasteiger partial charge in [0.2, 0.25) is 5.88 Å². The molecule has 5 nitrogen and oxygen atoms in total. The van der Waals surface area contributed by atoms with E-state index in [9.17, 15) is 9.90 Å². The maximum Gasteiger partial charge on any atom is 0.330 e. The molecular weight excluding hydrogens is 342 g/mol. The Balaban J connectivity index is 2.08. The molecule has 0 aliphatic carbocycles. The summed E-state index contributed by atoms with van der Waals surface area (Å²) < 4.78 is 10.7. The molecule has 1 aromatic carbocycles. The Morgan fingerprint density at radius 1 is 1.36 bits per heavy atom. The fourth-order valence-corrected chi connectivity index (χ4v) is 2.21. The lowest BCUT2D eigenvalue weighted by atomic mass is 10.1. The number of aryl methyl sites for hydroxylation is 1. The lowest BCUT2D eigenvalue weighted by Crippen LogP contribution is -2.01. The van der Waals surface area contributed by atoms with E-state index in [2.05, 4.69) is 4.98 Å². The molecule has 2 rings (SSSR count). The molecule has 0 aliphatic heterocycles. The van der Waals surface area contributed by atoms with Gasteiger partial charge in [-0.05, 0) is 48.7 Å². The van der Waals surface area contributed by atoms with Gasteiger partial charge in [0, 0.05) is 12.1 Å². The number of ether oxygens (including phenoxy) is 2. The zero-order valence-electron chi connectivity index (χ0n) is 14.2. The van der Waals surface area contributed by atoms with Crippen molar-refractivity contribution in [1.29, 1.82) is 0 Å². The van der Waals surface area contributed by atoms with Crippen LogP contribution in [0.1, 0.15) is 30.9 Å². The van der Waals surface area contributed by atoms with Crippen molar-refractivity contribution in [1.82, 2.24) is 4.98 Å². The summed E-state index contributed by atoms with van der Waals surface area (Å²) in [6.07, 6.45) is 6.16. The Morgan fingerprint density at radius 3 is 2.84 bits per heavy atom. The summed E-state index contributed by atoms with van der Waals surface area (Å²) in [6, 6.07) is 6.49. The van der Waals surface area contributed by atoms with Crippen LogP contribution in [-0.2, 0) is 9.53 Å². The number of benzene rings is 1. The fourth-order valence-electron chi connectivity index (χ4n) is 2.00. The molecule has 2 aromatic rings. The summed E-state index contributed by atoms with van der Waals surface area (Å²) in [4.78, 5) is 15.6. The average Bonchev–Trinajstić information content (AvgIpc) is 2.59. The van der Waals surface area contributed by atoms with Crippen LogP contribution in [0.5, 0.6) is 17.4 Å². The third-order valence-corrected chi connectivity index (χ3v) is 3.69. The van der Waals surface area contributed by atoms with Crippen molar-refractivity contribution >= 4 is 23.6 Å². The second-order valence-electron chi connectivity index (χ2n) is 5.45. The van der Waals surface area contributed by atoms with Crippen LogP contribution in [0.2, 0.25) is 5.02 Å². The first kappa shape index (κ1) is 18.8. The smallest absolute Gasteiger partial charge is 0.330 e. The number of rotatable bonds is 7. The first-order chi connectivity index (χ1) is 12.0. The molecule has 0 fully saturated rings. The topological polar surface area (TPSA) is 68.7 Å². The van der Waals surface area contributed by atoms with Crippen LogP contribution in [0.4, 0.5) is 0 Å². The van der Waals surface area contributed by atoms with Gasteiger partial charge in [0.25, 0.3) is 0 Å². The van der Waals surface area contributed by atoms with Crippen molar-refractivity contribution in [2.75, 3.05) is 6.61 Å². The highest BCUT2D eigenvalue weighted by Crippen LogP contribution is 2.32. The van der Waals surface area contributed by atoms with E-state index in [4.69, 9.17) is 21.1 Å². The van der Waals surface area contributed by atoms with E-state index in [1.54, 1.807) is 24.3 Å². The number of hydrogen-bond donors (Lipinski definition) is 1. The Hall–Kier alpha value is -2.53.